The first kappa shape index (κ1) is 19.8. The number of aromatic nitrogens is 1. The Labute approximate surface area is 173 Å². The first-order chi connectivity index (χ1) is 14.4. The standard InChI is InChI=1S/C21H19N3O5S/c25-20(23-19-9-2-8-18-17(19)7-3-10-22-18)14-29-21(26)15-5-1-6-16(13-15)24-11-4-12-30(24,27)28/h1-3,5-10,13H,4,11-12,14H2,(H,23,25). The Morgan fingerprint density at radius 1 is 1.10 bits per heavy atom. The van der Waals surface area contributed by atoms with E-state index < -0.39 is 28.5 Å². The molecule has 1 aliphatic heterocycles. The van der Waals surface area contributed by atoms with Gasteiger partial charge in [0.15, 0.2) is 6.61 Å². The van der Waals surface area contributed by atoms with Crippen LogP contribution in [0.3, 0.4) is 0 Å². The Bertz CT molecular complexity index is 1220. The molecule has 0 bridgehead atoms. The second-order valence-corrected chi connectivity index (χ2v) is 8.80. The summed E-state index contributed by atoms with van der Waals surface area (Å²) in [6, 6.07) is 15.1. The van der Waals surface area contributed by atoms with Crippen LogP contribution in [0.2, 0.25) is 0 Å². The van der Waals surface area contributed by atoms with Gasteiger partial charge >= 0.3 is 5.97 Å². The fourth-order valence-corrected chi connectivity index (χ4v) is 4.89. The molecule has 0 atom stereocenters. The number of pyridine rings is 1. The van der Waals surface area contributed by atoms with Crippen LogP contribution in [-0.2, 0) is 19.6 Å². The van der Waals surface area contributed by atoms with Gasteiger partial charge in [0, 0.05) is 18.1 Å². The van der Waals surface area contributed by atoms with Crippen LogP contribution in [0.1, 0.15) is 16.8 Å². The van der Waals surface area contributed by atoms with Crippen molar-refractivity contribution in [2.45, 2.75) is 6.42 Å². The molecule has 1 aliphatic rings. The molecule has 9 heteroatoms. The van der Waals surface area contributed by atoms with Crippen molar-refractivity contribution < 1.29 is 22.7 Å². The molecule has 154 valence electrons. The van der Waals surface area contributed by atoms with Crippen LogP contribution in [0.4, 0.5) is 11.4 Å². The highest BCUT2D eigenvalue weighted by Gasteiger charge is 2.28. The lowest BCUT2D eigenvalue weighted by atomic mass is 10.2. The van der Waals surface area contributed by atoms with E-state index in [1.54, 1.807) is 36.5 Å². The van der Waals surface area contributed by atoms with Crippen molar-refractivity contribution in [3.8, 4) is 0 Å². The largest absolute Gasteiger partial charge is 0.452 e. The van der Waals surface area contributed by atoms with Crippen LogP contribution in [-0.4, -0.2) is 44.2 Å². The Kier molecular flexibility index (Phi) is 5.37. The van der Waals surface area contributed by atoms with Gasteiger partial charge in [-0.05, 0) is 48.9 Å². The van der Waals surface area contributed by atoms with Crippen molar-refractivity contribution >= 4 is 44.2 Å². The number of hydrogen-bond acceptors (Lipinski definition) is 6. The first-order valence-electron chi connectivity index (χ1n) is 9.35. The van der Waals surface area contributed by atoms with Gasteiger partial charge in [-0.3, -0.25) is 14.1 Å². The Morgan fingerprint density at radius 3 is 2.73 bits per heavy atom. The zero-order valence-electron chi connectivity index (χ0n) is 15.9. The number of carbonyl (C=O) groups excluding carboxylic acids is 2. The SMILES string of the molecule is O=C(COC(=O)c1cccc(N2CCCS2(=O)=O)c1)Nc1cccc2ncccc12. The molecule has 0 unspecified atom stereocenters. The fourth-order valence-electron chi connectivity index (χ4n) is 3.33. The third-order valence-electron chi connectivity index (χ3n) is 4.72. The minimum absolute atomic E-state index is 0.0888. The van der Waals surface area contributed by atoms with E-state index in [0.29, 0.717) is 24.3 Å². The summed E-state index contributed by atoms with van der Waals surface area (Å²) in [5, 5.41) is 3.49. The van der Waals surface area contributed by atoms with Crippen molar-refractivity contribution in [1.29, 1.82) is 0 Å². The predicted molar refractivity (Wildman–Crippen MR) is 113 cm³/mol. The minimum Gasteiger partial charge on any atom is -0.452 e. The Hall–Kier alpha value is -3.46. The van der Waals surface area contributed by atoms with E-state index in [9.17, 15) is 18.0 Å². The zero-order chi connectivity index (χ0) is 21.1. The lowest BCUT2D eigenvalue weighted by Crippen LogP contribution is -2.25. The van der Waals surface area contributed by atoms with Crippen LogP contribution in [0, 0.1) is 0 Å². The smallest absolute Gasteiger partial charge is 0.338 e. The molecule has 0 saturated carbocycles. The lowest BCUT2D eigenvalue weighted by molar-refractivity contribution is -0.119. The van der Waals surface area contributed by atoms with Crippen LogP contribution < -0.4 is 9.62 Å². The Morgan fingerprint density at radius 2 is 1.93 bits per heavy atom. The summed E-state index contributed by atoms with van der Waals surface area (Å²) in [4.78, 5) is 28.8. The maximum absolute atomic E-state index is 12.4. The molecule has 1 N–H and O–H groups in total. The summed E-state index contributed by atoms with van der Waals surface area (Å²) in [6.07, 6.45) is 2.21. The van der Waals surface area contributed by atoms with Crippen molar-refractivity contribution in [2.75, 3.05) is 28.5 Å². The number of ether oxygens (including phenoxy) is 1. The molecule has 2 aromatic carbocycles. The Balaban J connectivity index is 1.41. The summed E-state index contributed by atoms with van der Waals surface area (Å²) in [7, 11) is -3.35. The van der Waals surface area contributed by atoms with E-state index in [4.69, 9.17) is 4.74 Å². The van der Waals surface area contributed by atoms with E-state index in [-0.39, 0.29) is 11.3 Å². The van der Waals surface area contributed by atoms with Gasteiger partial charge in [-0.25, -0.2) is 13.2 Å². The molecule has 0 radical (unpaired) electrons. The first-order valence-corrected chi connectivity index (χ1v) is 11.0. The van der Waals surface area contributed by atoms with Gasteiger partial charge in [-0.15, -0.1) is 0 Å². The van der Waals surface area contributed by atoms with E-state index in [1.165, 1.54) is 16.4 Å². The topological polar surface area (TPSA) is 106 Å². The monoisotopic (exact) mass is 425 g/mol. The van der Waals surface area contributed by atoms with Crippen molar-refractivity contribution in [2.24, 2.45) is 0 Å². The maximum atomic E-state index is 12.4. The number of nitrogens with zero attached hydrogens (tertiary/aromatic N) is 2. The number of nitrogens with one attached hydrogen (secondary N) is 1. The summed E-state index contributed by atoms with van der Waals surface area (Å²) in [5.41, 5.74) is 1.90. The highest BCUT2D eigenvalue weighted by molar-refractivity contribution is 7.93. The highest BCUT2D eigenvalue weighted by atomic mass is 32.2. The van der Waals surface area contributed by atoms with Gasteiger partial charge in [0.2, 0.25) is 10.0 Å². The molecule has 4 rings (SSSR count). The van der Waals surface area contributed by atoms with Crippen molar-refractivity contribution in [3.05, 3.63) is 66.4 Å². The molecule has 1 aromatic heterocycles. The van der Waals surface area contributed by atoms with Crippen LogP contribution >= 0.6 is 0 Å². The number of carbonyl (C=O) groups is 2. The minimum atomic E-state index is -3.35. The van der Waals surface area contributed by atoms with Gasteiger partial charge < -0.3 is 10.1 Å². The number of hydrogen-bond donors (Lipinski definition) is 1. The third-order valence-corrected chi connectivity index (χ3v) is 6.59. The van der Waals surface area contributed by atoms with Gasteiger partial charge in [-0.2, -0.15) is 0 Å². The number of fused-ring (bicyclic) bond motifs is 1. The van der Waals surface area contributed by atoms with Crippen molar-refractivity contribution in [1.82, 2.24) is 4.98 Å². The van der Waals surface area contributed by atoms with E-state index in [2.05, 4.69) is 10.3 Å². The molecule has 30 heavy (non-hydrogen) atoms. The number of benzene rings is 2. The molecule has 0 spiro atoms. The van der Waals surface area contributed by atoms with Gasteiger partial charge in [0.1, 0.15) is 0 Å². The molecule has 1 amide bonds. The average molecular weight is 425 g/mol. The van der Waals surface area contributed by atoms with E-state index in [1.807, 2.05) is 12.1 Å². The molecule has 2 heterocycles. The summed E-state index contributed by atoms with van der Waals surface area (Å²) in [5.74, 6) is -1.10. The van der Waals surface area contributed by atoms with Gasteiger partial charge in [0.05, 0.1) is 28.2 Å². The molecular weight excluding hydrogens is 406 g/mol. The molecule has 3 aromatic rings. The van der Waals surface area contributed by atoms with Crippen molar-refractivity contribution in [3.63, 3.8) is 0 Å². The third kappa shape index (κ3) is 4.11. The fraction of sp³-hybridized carbons (Fsp3) is 0.190. The normalized spacial score (nSPS) is 15.1. The highest BCUT2D eigenvalue weighted by Crippen LogP contribution is 2.25. The van der Waals surface area contributed by atoms with Crippen LogP contribution in [0.5, 0.6) is 0 Å². The number of esters is 1. The number of rotatable bonds is 5. The molecule has 1 saturated heterocycles. The second kappa shape index (κ2) is 8.11. The summed E-state index contributed by atoms with van der Waals surface area (Å²) in [6.45, 7) is -0.0924. The average Bonchev–Trinajstić information content (AvgIpc) is 3.11. The molecule has 1 fully saturated rings. The molecule has 8 nitrogen and oxygen atoms in total. The maximum Gasteiger partial charge on any atom is 0.338 e. The number of amides is 1. The quantitative estimate of drug-likeness (QED) is 0.630. The van der Waals surface area contributed by atoms with E-state index >= 15 is 0 Å². The molecular formula is C21H19N3O5S. The number of sulfonamides is 1. The zero-order valence-corrected chi connectivity index (χ0v) is 16.8. The lowest BCUT2D eigenvalue weighted by Gasteiger charge is -2.17. The van der Waals surface area contributed by atoms with Gasteiger partial charge in [0.25, 0.3) is 5.91 Å². The number of anilines is 2. The summed E-state index contributed by atoms with van der Waals surface area (Å²) >= 11 is 0. The molecule has 0 aliphatic carbocycles. The van der Waals surface area contributed by atoms with Gasteiger partial charge in [-0.1, -0.05) is 12.1 Å². The van der Waals surface area contributed by atoms with Crippen LogP contribution in [0.25, 0.3) is 10.9 Å². The van der Waals surface area contributed by atoms with Crippen LogP contribution in [0.15, 0.2) is 60.8 Å². The predicted octanol–water partition coefficient (Wildman–Crippen LogP) is 2.57. The summed E-state index contributed by atoms with van der Waals surface area (Å²) < 4.78 is 30.5. The second-order valence-electron chi connectivity index (χ2n) is 6.79. The van der Waals surface area contributed by atoms with E-state index in [0.717, 1.165) is 10.9 Å².